The summed E-state index contributed by atoms with van der Waals surface area (Å²) in [5, 5.41) is 8.62. The molecule has 0 aliphatic carbocycles. The molecule has 1 atom stereocenters. The van der Waals surface area contributed by atoms with E-state index in [-0.39, 0.29) is 18.2 Å². The summed E-state index contributed by atoms with van der Waals surface area (Å²) in [6, 6.07) is 0. The van der Waals surface area contributed by atoms with Gasteiger partial charge in [0.15, 0.2) is 8.24 Å². The molecule has 0 spiro atoms. The Morgan fingerprint density at radius 3 is 2.50 bits per heavy atom. The standard InChI is InChI=1S/C9H17NO3Si/c1-14(2,3)10-5-4-7(9(10)13)6-8(11)12/h7H,4-6H2,1-3H3,(H,11,12)/t7-/m1/s1. The summed E-state index contributed by atoms with van der Waals surface area (Å²) in [5.74, 6) is -1.11. The summed E-state index contributed by atoms with van der Waals surface area (Å²) in [6.07, 6.45) is 0.690. The largest absolute Gasteiger partial charge is 0.481 e. The molecule has 1 heterocycles. The van der Waals surface area contributed by atoms with E-state index in [2.05, 4.69) is 19.6 Å². The lowest BCUT2D eigenvalue weighted by Crippen LogP contribution is -2.47. The third kappa shape index (κ3) is 2.34. The molecule has 0 unspecified atom stereocenters. The maximum absolute atomic E-state index is 11.8. The molecule has 0 radical (unpaired) electrons. The van der Waals surface area contributed by atoms with Crippen LogP contribution < -0.4 is 0 Å². The van der Waals surface area contributed by atoms with Gasteiger partial charge in [0.05, 0.1) is 6.42 Å². The van der Waals surface area contributed by atoms with Crippen LogP contribution in [-0.2, 0) is 9.59 Å². The Hall–Kier alpha value is -0.843. The van der Waals surface area contributed by atoms with Crippen LogP contribution >= 0.6 is 0 Å². The average Bonchev–Trinajstić information content (AvgIpc) is 2.30. The van der Waals surface area contributed by atoms with Gasteiger partial charge in [-0.15, -0.1) is 0 Å². The molecule has 1 N–H and O–H groups in total. The van der Waals surface area contributed by atoms with Gasteiger partial charge in [-0.05, 0) is 6.42 Å². The fourth-order valence-electron chi connectivity index (χ4n) is 1.81. The van der Waals surface area contributed by atoms with Crippen molar-refractivity contribution in [2.75, 3.05) is 6.54 Å². The highest BCUT2D eigenvalue weighted by molar-refractivity contribution is 6.75. The second-order valence-corrected chi connectivity index (χ2v) is 9.63. The van der Waals surface area contributed by atoms with E-state index in [9.17, 15) is 9.59 Å². The minimum absolute atomic E-state index is 0.0141. The Balaban J connectivity index is 2.65. The minimum atomic E-state index is -1.59. The number of aliphatic carboxylic acids is 1. The van der Waals surface area contributed by atoms with E-state index in [4.69, 9.17) is 5.11 Å². The Kier molecular flexibility index (Phi) is 2.99. The zero-order chi connectivity index (χ0) is 10.9. The van der Waals surface area contributed by atoms with Crippen LogP contribution in [0.1, 0.15) is 12.8 Å². The molecule has 0 bridgehead atoms. The molecule has 0 saturated carbocycles. The van der Waals surface area contributed by atoms with Crippen LogP contribution in [0.15, 0.2) is 0 Å². The third-order valence-electron chi connectivity index (χ3n) is 2.55. The van der Waals surface area contributed by atoms with Gasteiger partial charge in [0, 0.05) is 12.5 Å². The van der Waals surface area contributed by atoms with Gasteiger partial charge in [-0.1, -0.05) is 19.6 Å². The van der Waals surface area contributed by atoms with Gasteiger partial charge in [0.1, 0.15) is 0 Å². The van der Waals surface area contributed by atoms with Crippen molar-refractivity contribution in [3.63, 3.8) is 0 Å². The summed E-state index contributed by atoms with van der Waals surface area (Å²) in [5.41, 5.74) is 0. The van der Waals surface area contributed by atoms with Crippen molar-refractivity contribution in [2.45, 2.75) is 32.5 Å². The lowest BCUT2D eigenvalue weighted by atomic mass is 10.1. The maximum Gasteiger partial charge on any atom is 0.304 e. The number of carboxylic acids is 1. The summed E-state index contributed by atoms with van der Waals surface area (Å²) in [7, 11) is -1.59. The second-order valence-electron chi connectivity index (χ2n) is 4.74. The monoisotopic (exact) mass is 215 g/mol. The van der Waals surface area contributed by atoms with Gasteiger partial charge in [-0.25, -0.2) is 0 Å². The maximum atomic E-state index is 11.8. The Morgan fingerprint density at radius 2 is 2.14 bits per heavy atom. The quantitative estimate of drug-likeness (QED) is 0.718. The Labute approximate surface area is 85.0 Å². The lowest BCUT2D eigenvalue weighted by molar-refractivity contribution is -0.141. The van der Waals surface area contributed by atoms with Crippen LogP contribution in [0.5, 0.6) is 0 Å². The van der Waals surface area contributed by atoms with Crippen LogP contribution in [0.25, 0.3) is 0 Å². The molecule has 1 saturated heterocycles. The molecule has 80 valence electrons. The van der Waals surface area contributed by atoms with E-state index in [1.165, 1.54) is 0 Å². The van der Waals surface area contributed by atoms with E-state index in [0.29, 0.717) is 6.42 Å². The van der Waals surface area contributed by atoms with Crippen LogP contribution in [0.2, 0.25) is 19.6 Å². The lowest BCUT2D eigenvalue weighted by Gasteiger charge is -2.30. The predicted molar refractivity (Wildman–Crippen MR) is 55.4 cm³/mol. The van der Waals surface area contributed by atoms with E-state index in [0.717, 1.165) is 6.54 Å². The first-order valence-electron chi connectivity index (χ1n) is 4.85. The SMILES string of the molecule is C[Si](C)(C)N1CC[C@H](CC(=O)O)C1=O. The van der Waals surface area contributed by atoms with Crippen molar-refractivity contribution in [3.05, 3.63) is 0 Å². The Morgan fingerprint density at radius 1 is 1.57 bits per heavy atom. The number of rotatable bonds is 3. The average molecular weight is 215 g/mol. The summed E-state index contributed by atoms with van der Waals surface area (Å²) in [6.45, 7) is 7.06. The minimum Gasteiger partial charge on any atom is -0.481 e. The molecule has 5 heteroatoms. The van der Waals surface area contributed by atoms with Gasteiger partial charge in [0.25, 0.3) is 0 Å². The summed E-state index contributed by atoms with van der Waals surface area (Å²) in [4.78, 5) is 22.3. The van der Waals surface area contributed by atoms with Crippen LogP contribution in [0, 0.1) is 5.92 Å². The van der Waals surface area contributed by atoms with E-state index in [1.807, 2.05) is 4.57 Å². The molecule has 0 aromatic rings. The van der Waals surface area contributed by atoms with Crippen LogP contribution in [0.3, 0.4) is 0 Å². The molecule has 1 fully saturated rings. The molecule has 14 heavy (non-hydrogen) atoms. The molecular formula is C9H17NO3Si. The normalized spacial score (nSPS) is 22.9. The number of hydrogen-bond donors (Lipinski definition) is 1. The van der Waals surface area contributed by atoms with E-state index >= 15 is 0 Å². The molecule has 0 aromatic heterocycles. The fraction of sp³-hybridized carbons (Fsp3) is 0.778. The highest BCUT2D eigenvalue weighted by Gasteiger charge is 2.39. The molecule has 1 aliphatic rings. The predicted octanol–water partition coefficient (Wildman–Crippen LogP) is 1.14. The van der Waals surface area contributed by atoms with Crippen LogP contribution in [-0.4, -0.2) is 36.3 Å². The highest BCUT2D eigenvalue weighted by Crippen LogP contribution is 2.25. The number of amides is 1. The number of carboxylic acid groups (broad SMARTS) is 1. The first kappa shape index (κ1) is 11.2. The topological polar surface area (TPSA) is 57.6 Å². The summed E-state index contributed by atoms with van der Waals surface area (Å²) >= 11 is 0. The molecule has 1 rings (SSSR count). The van der Waals surface area contributed by atoms with Crippen molar-refractivity contribution < 1.29 is 14.7 Å². The number of carbonyl (C=O) groups is 2. The molecular weight excluding hydrogens is 198 g/mol. The van der Waals surface area contributed by atoms with E-state index < -0.39 is 14.2 Å². The van der Waals surface area contributed by atoms with Crippen LogP contribution in [0.4, 0.5) is 0 Å². The number of hydrogen-bond acceptors (Lipinski definition) is 2. The molecule has 0 aromatic carbocycles. The van der Waals surface area contributed by atoms with E-state index in [1.54, 1.807) is 0 Å². The van der Waals surface area contributed by atoms with Crippen molar-refractivity contribution in [1.29, 1.82) is 0 Å². The fourth-order valence-corrected chi connectivity index (χ4v) is 3.45. The van der Waals surface area contributed by atoms with Crippen molar-refractivity contribution in [1.82, 2.24) is 4.57 Å². The highest BCUT2D eigenvalue weighted by atomic mass is 28.3. The van der Waals surface area contributed by atoms with Crippen molar-refractivity contribution in [2.24, 2.45) is 5.92 Å². The zero-order valence-electron chi connectivity index (χ0n) is 8.91. The second kappa shape index (κ2) is 3.72. The van der Waals surface area contributed by atoms with Gasteiger partial charge >= 0.3 is 5.97 Å². The van der Waals surface area contributed by atoms with Gasteiger partial charge in [-0.2, -0.15) is 0 Å². The van der Waals surface area contributed by atoms with Crippen molar-refractivity contribution >= 4 is 20.1 Å². The van der Waals surface area contributed by atoms with Gasteiger partial charge < -0.3 is 9.67 Å². The smallest absolute Gasteiger partial charge is 0.304 e. The zero-order valence-corrected chi connectivity index (χ0v) is 9.91. The third-order valence-corrected chi connectivity index (χ3v) is 4.61. The molecule has 1 aliphatic heterocycles. The van der Waals surface area contributed by atoms with Gasteiger partial charge in [-0.3, -0.25) is 9.59 Å². The van der Waals surface area contributed by atoms with Crippen molar-refractivity contribution in [3.8, 4) is 0 Å². The number of nitrogens with zero attached hydrogens (tertiary/aromatic N) is 1. The molecule has 1 amide bonds. The number of carbonyl (C=O) groups excluding carboxylic acids is 1. The first-order valence-corrected chi connectivity index (χ1v) is 8.30. The summed E-state index contributed by atoms with van der Waals surface area (Å²) < 4.78 is 1.90. The first-order chi connectivity index (χ1) is 6.32. The molecule has 4 nitrogen and oxygen atoms in total. The van der Waals surface area contributed by atoms with Gasteiger partial charge in [0.2, 0.25) is 5.91 Å². The Bertz CT molecular complexity index is 259.